The molecule has 0 saturated carbocycles. The molecular formula is C10H12F2N2O. The third-order valence-electron chi connectivity index (χ3n) is 1.90. The number of amides is 1. The standard InChI is InChI=1S/C10H12F2N2O/c1-6(5-13)14-10(15)8-4-7(11)2-3-9(8)12/h2-4,6H,5,13H2,1H3,(H,14,15)/t6-/m1/s1. The summed E-state index contributed by atoms with van der Waals surface area (Å²) in [6.07, 6.45) is 0. The number of carbonyl (C=O) groups excluding carboxylic acids is 1. The van der Waals surface area contributed by atoms with Gasteiger partial charge in [-0.25, -0.2) is 8.78 Å². The third kappa shape index (κ3) is 2.99. The van der Waals surface area contributed by atoms with E-state index in [4.69, 9.17) is 5.73 Å². The van der Waals surface area contributed by atoms with E-state index in [-0.39, 0.29) is 18.2 Å². The number of hydrogen-bond donors (Lipinski definition) is 2. The maximum Gasteiger partial charge on any atom is 0.254 e. The molecule has 0 aromatic heterocycles. The molecule has 1 amide bonds. The van der Waals surface area contributed by atoms with E-state index >= 15 is 0 Å². The molecule has 0 fully saturated rings. The van der Waals surface area contributed by atoms with E-state index in [0.29, 0.717) is 0 Å². The van der Waals surface area contributed by atoms with Gasteiger partial charge >= 0.3 is 0 Å². The number of nitrogens with one attached hydrogen (secondary N) is 1. The van der Waals surface area contributed by atoms with Gasteiger partial charge < -0.3 is 11.1 Å². The molecular weight excluding hydrogens is 202 g/mol. The Morgan fingerprint density at radius 3 is 2.80 bits per heavy atom. The minimum Gasteiger partial charge on any atom is -0.348 e. The van der Waals surface area contributed by atoms with Gasteiger partial charge in [0.2, 0.25) is 0 Å². The Morgan fingerprint density at radius 2 is 2.20 bits per heavy atom. The lowest BCUT2D eigenvalue weighted by Gasteiger charge is -2.11. The predicted molar refractivity (Wildman–Crippen MR) is 52.3 cm³/mol. The normalized spacial score (nSPS) is 12.3. The van der Waals surface area contributed by atoms with Crippen LogP contribution in [0.4, 0.5) is 8.78 Å². The van der Waals surface area contributed by atoms with Crippen molar-refractivity contribution in [3.63, 3.8) is 0 Å². The van der Waals surface area contributed by atoms with Crippen LogP contribution in [-0.4, -0.2) is 18.5 Å². The van der Waals surface area contributed by atoms with Gasteiger partial charge in [0.05, 0.1) is 5.56 Å². The smallest absolute Gasteiger partial charge is 0.254 e. The lowest BCUT2D eigenvalue weighted by Crippen LogP contribution is -2.38. The number of nitrogens with two attached hydrogens (primary N) is 1. The average molecular weight is 214 g/mol. The van der Waals surface area contributed by atoms with Crippen molar-refractivity contribution in [2.75, 3.05) is 6.54 Å². The number of benzene rings is 1. The van der Waals surface area contributed by atoms with Crippen LogP contribution >= 0.6 is 0 Å². The summed E-state index contributed by atoms with van der Waals surface area (Å²) in [6.45, 7) is 1.91. The largest absolute Gasteiger partial charge is 0.348 e. The van der Waals surface area contributed by atoms with Crippen LogP contribution in [0, 0.1) is 11.6 Å². The van der Waals surface area contributed by atoms with E-state index in [2.05, 4.69) is 5.32 Å². The number of hydrogen-bond acceptors (Lipinski definition) is 2. The van der Waals surface area contributed by atoms with E-state index in [1.807, 2.05) is 0 Å². The molecule has 1 atom stereocenters. The van der Waals surface area contributed by atoms with Crippen molar-refractivity contribution in [2.24, 2.45) is 5.73 Å². The van der Waals surface area contributed by atoms with Crippen molar-refractivity contribution in [3.8, 4) is 0 Å². The monoisotopic (exact) mass is 214 g/mol. The van der Waals surface area contributed by atoms with Gasteiger partial charge in [0.25, 0.3) is 5.91 Å². The zero-order valence-corrected chi connectivity index (χ0v) is 8.26. The topological polar surface area (TPSA) is 55.1 Å². The van der Waals surface area contributed by atoms with Crippen LogP contribution in [0.15, 0.2) is 18.2 Å². The summed E-state index contributed by atoms with van der Waals surface area (Å²) in [5.41, 5.74) is 4.97. The van der Waals surface area contributed by atoms with Gasteiger partial charge in [0.1, 0.15) is 11.6 Å². The number of rotatable bonds is 3. The zero-order valence-electron chi connectivity index (χ0n) is 8.26. The van der Waals surface area contributed by atoms with Crippen LogP contribution < -0.4 is 11.1 Å². The van der Waals surface area contributed by atoms with Crippen LogP contribution in [0.25, 0.3) is 0 Å². The van der Waals surface area contributed by atoms with Gasteiger partial charge in [-0.15, -0.1) is 0 Å². The van der Waals surface area contributed by atoms with Crippen molar-refractivity contribution in [1.29, 1.82) is 0 Å². The maximum absolute atomic E-state index is 13.1. The molecule has 82 valence electrons. The quantitative estimate of drug-likeness (QED) is 0.790. The molecule has 0 spiro atoms. The lowest BCUT2D eigenvalue weighted by atomic mass is 10.2. The first-order chi connectivity index (χ1) is 7.04. The second-order valence-corrected chi connectivity index (χ2v) is 3.23. The Kier molecular flexibility index (Phi) is 3.74. The van der Waals surface area contributed by atoms with Gasteiger partial charge in [-0.05, 0) is 25.1 Å². The Balaban J connectivity index is 2.86. The highest BCUT2D eigenvalue weighted by Crippen LogP contribution is 2.09. The zero-order chi connectivity index (χ0) is 11.4. The molecule has 0 aliphatic carbocycles. The molecule has 15 heavy (non-hydrogen) atoms. The fourth-order valence-corrected chi connectivity index (χ4v) is 1.03. The van der Waals surface area contributed by atoms with Crippen LogP contribution in [-0.2, 0) is 0 Å². The van der Waals surface area contributed by atoms with Crippen LogP contribution in [0.2, 0.25) is 0 Å². The fraction of sp³-hybridized carbons (Fsp3) is 0.300. The van der Waals surface area contributed by atoms with E-state index in [0.717, 1.165) is 18.2 Å². The van der Waals surface area contributed by atoms with Crippen LogP contribution in [0.5, 0.6) is 0 Å². The van der Waals surface area contributed by atoms with Crippen LogP contribution in [0.3, 0.4) is 0 Å². The molecule has 3 N–H and O–H groups in total. The Morgan fingerprint density at radius 1 is 1.53 bits per heavy atom. The van der Waals surface area contributed by atoms with Crippen molar-refractivity contribution >= 4 is 5.91 Å². The van der Waals surface area contributed by atoms with Gasteiger partial charge in [-0.3, -0.25) is 4.79 Å². The molecule has 1 rings (SSSR count). The van der Waals surface area contributed by atoms with Crippen molar-refractivity contribution in [2.45, 2.75) is 13.0 Å². The Labute approximate surface area is 86.3 Å². The molecule has 5 heteroatoms. The van der Waals surface area contributed by atoms with Crippen LogP contribution in [0.1, 0.15) is 17.3 Å². The SMILES string of the molecule is C[C@H](CN)NC(=O)c1cc(F)ccc1F. The van der Waals surface area contributed by atoms with E-state index in [1.54, 1.807) is 6.92 Å². The minimum absolute atomic E-state index is 0.239. The first-order valence-corrected chi connectivity index (χ1v) is 4.50. The van der Waals surface area contributed by atoms with Gasteiger partial charge in [0.15, 0.2) is 0 Å². The Bertz CT molecular complexity index is 368. The molecule has 0 aliphatic heterocycles. The summed E-state index contributed by atoms with van der Waals surface area (Å²) in [6, 6.07) is 2.45. The average Bonchev–Trinajstić information content (AvgIpc) is 2.21. The molecule has 1 aromatic rings. The molecule has 0 bridgehead atoms. The minimum atomic E-state index is -0.752. The second kappa shape index (κ2) is 4.84. The predicted octanol–water partition coefficient (Wildman–Crippen LogP) is 1.04. The maximum atomic E-state index is 13.1. The Hall–Kier alpha value is -1.49. The highest BCUT2D eigenvalue weighted by atomic mass is 19.1. The van der Waals surface area contributed by atoms with E-state index in [1.165, 1.54) is 0 Å². The highest BCUT2D eigenvalue weighted by molar-refractivity contribution is 5.94. The molecule has 0 saturated heterocycles. The first kappa shape index (κ1) is 11.6. The lowest BCUT2D eigenvalue weighted by molar-refractivity contribution is 0.0936. The van der Waals surface area contributed by atoms with Gasteiger partial charge in [-0.1, -0.05) is 0 Å². The summed E-state index contributed by atoms with van der Waals surface area (Å²) in [7, 11) is 0. The summed E-state index contributed by atoms with van der Waals surface area (Å²) in [5.74, 6) is -2.06. The van der Waals surface area contributed by atoms with Gasteiger partial charge in [0, 0.05) is 12.6 Å². The number of carbonyl (C=O) groups is 1. The summed E-state index contributed by atoms with van der Waals surface area (Å²) >= 11 is 0. The molecule has 0 radical (unpaired) electrons. The number of halogens is 2. The molecule has 0 aliphatic rings. The summed E-state index contributed by atoms with van der Waals surface area (Å²) in [4.78, 5) is 11.4. The van der Waals surface area contributed by atoms with E-state index in [9.17, 15) is 13.6 Å². The summed E-state index contributed by atoms with van der Waals surface area (Å²) in [5, 5.41) is 2.44. The van der Waals surface area contributed by atoms with Crippen molar-refractivity contribution in [1.82, 2.24) is 5.32 Å². The molecule has 0 unspecified atom stereocenters. The van der Waals surface area contributed by atoms with E-state index < -0.39 is 17.5 Å². The molecule has 0 heterocycles. The van der Waals surface area contributed by atoms with Crippen molar-refractivity contribution in [3.05, 3.63) is 35.4 Å². The van der Waals surface area contributed by atoms with Gasteiger partial charge in [-0.2, -0.15) is 0 Å². The molecule has 3 nitrogen and oxygen atoms in total. The highest BCUT2D eigenvalue weighted by Gasteiger charge is 2.14. The van der Waals surface area contributed by atoms with Crippen molar-refractivity contribution < 1.29 is 13.6 Å². The first-order valence-electron chi connectivity index (χ1n) is 4.50. The summed E-state index contributed by atoms with van der Waals surface area (Å²) < 4.78 is 25.9. The molecule has 1 aromatic carbocycles. The third-order valence-corrected chi connectivity index (χ3v) is 1.90. The second-order valence-electron chi connectivity index (χ2n) is 3.23. The fourth-order valence-electron chi connectivity index (χ4n) is 1.03.